The van der Waals surface area contributed by atoms with Crippen molar-refractivity contribution in [2.24, 2.45) is 5.73 Å². The largest absolute Gasteiger partial charge is 0.493 e. The average molecular weight is 283 g/mol. The first-order valence-electron chi connectivity index (χ1n) is 4.36. The Morgan fingerprint density at radius 2 is 1.83 bits per heavy atom. The maximum absolute atomic E-state index is 12.0. The SMILES string of the molecule is NC(=O)N(OC(=O)C(F)(F)F)c1ccccc1Cl. The van der Waals surface area contributed by atoms with Gasteiger partial charge in [-0.1, -0.05) is 23.7 Å². The molecule has 0 radical (unpaired) electrons. The molecule has 0 heterocycles. The number of primary amides is 1. The summed E-state index contributed by atoms with van der Waals surface area (Å²) in [6, 6.07) is 3.88. The highest BCUT2D eigenvalue weighted by molar-refractivity contribution is 6.33. The van der Waals surface area contributed by atoms with E-state index in [0.29, 0.717) is 0 Å². The number of hydrogen-bond donors (Lipinski definition) is 1. The number of hydrogen-bond acceptors (Lipinski definition) is 3. The van der Waals surface area contributed by atoms with Gasteiger partial charge < -0.3 is 10.6 Å². The first kappa shape index (κ1) is 14.1. The molecule has 5 nitrogen and oxygen atoms in total. The van der Waals surface area contributed by atoms with Gasteiger partial charge in [0, 0.05) is 0 Å². The number of nitrogens with zero attached hydrogens (tertiary/aromatic N) is 1. The van der Waals surface area contributed by atoms with Crippen LogP contribution < -0.4 is 10.8 Å². The normalized spacial score (nSPS) is 10.9. The number of rotatable bonds is 1. The number of alkyl halides is 3. The number of hydroxylamine groups is 1. The van der Waals surface area contributed by atoms with Gasteiger partial charge in [-0.25, -0.2) is 9.59 Å². The van der Waals surface area contributed by atoms with Crippen molar-refractivity contribution in [3.05, 3.63) is 29.3 Å². The lowest BCUT2D eigenvalue weighted by molar-refractivity contribution is -0.199. The molecule has 0 aliphatic heterocycles. The summed E-state index contributed by atoms with van der Waals surface area (Å²) in [5.41, 5.74) is 4.54. The molecule has 98 valence electrons. The van der Waals surface area contributed by atoms with Crippen molar-refractivity contribution in [3.63, 3.8) is 0 Å². The first-order valence-corrected chi connectivity index (χ1v) is 4.74. The van der Waals surface area contributed by atoms with E-state index in [1.165, 1.54) is 18.2 Å². The van der Waals surface area contributed by atoms with E-state index in [4.69, 9.17) is 17.3 Å². The molecule has 0 aliphatic rings. The fourth-order valence-electron chi connectivity index (χ4n) is 0.964. The Balaban J connectivity index is 3.03. The van der Waals surface area contributed by atoms with E-state index in [9.17, 15) is 22.8 Å². The van der Waals surface area contributed by atoms with E-state index in [1.54, 1.807) is 0 Å². The molecule has 0 unspecified atom stereocenters. The minimum absolute atomic E-state index is 0.0296. The topological polar surface area (TPSA) is 72.6 Å². The van der Waals surface area contributed by atoms with Crippen LogP contribution in [0.4, 0.5) is 23.7 Å². The summed E-state index contributed by atoms with van der Waals surface area (Å²) in [5.74, 6) is -2.58. The number of nitrogens with two attached hydrogens (primary N) is 1. The molecule has 0 bridgehead atoms. The highest BCUT2D eigenvalue weighted by Gasteiger charge is 2.43. The van der Waals surface area contributed by atoms with E-state index in [1.807, 2.05) is 0 Å². The molecule has 1 rings (SSSR count). The lowest BCUT2D eigenvalue weighted by atomic mass is 10.3. The molecule has 0 spiro atoms. The lowest BCUT2D eigenvalue weighted by Gasteiger charge is -2.20. The van der Waals surface area contributed by atoms with Crippen LogP contribution in [0.15, 0.2) is 24.3 Å². The van der Waals surface area contributed by atoms with E-state index < -0.39 is 18.2 Å². The Morgan fingerprint density at radius 1 is 1.28 bits per heavy atom. The standard InChI is InChI=1S/C9H6ClF3N2O3/c10-5-3-1-2-4-6(5)15(8(14)17)18-7(16)9(11,12)13/h1-4H,(H2,14,17). The third kappa shape index (κ3) is 3.27. The van der Waals surface area contributed by atoms with Crippen molar-refractivity contribution in [1.82, 2.24) is 0 Å². The smallest absolute Gasteiger partial charge is 0.349 e. The Bertz CT molecular complexity index is 478. The number of carbonyl (C=O) groups is 2. The molecule has 0 aliphatic carbocycles. The number of amides is 2. The second-order valence-electron chi connectivity index (χ2n) is 2.96. The summed E-state index contributed by atoms with van der Waals surface area (Å²) < 4.78 is 36.0. The third-order valence-corrected chi connectivity index (χ3v) is 2.00. The van der Waals surface area contributed by atoms with Crippen LogP contribution in [0, 0.1) is 0 Å². The summed E-state index contributed by atoms with van der Waals surface area (Å²) in [7, 11) is 0. The zero-order chi connectivity index (χ0) is 13.9. The Morgan fingerprint density at radius 3 is 2.28 bits per heavy atom. The molecule has 9 heteroatoms. The quantitative estimate of drug-likeness (QED) is 0.803. The Hall–Kier alpha value is -1.96. The van der Waals surface area contributed by atoms with Gasteiger partial charge in [-0.05, 0) is 12.1 Å². The molecule has 1 aromatic rings. The number of para-hydroxylation sites is 1. The number of anilines is 1. The molecule has 0 atom stereocenters. The van der Waals surface area contributed by atoms with Crippen molar-refractivity contribution in [3.8, 4) is 0 Å². The second kappa shape index (κ2) is 5.13. The van der Waals surface area contributed by atoms with Crippen LogP contribution in [0.1, 0.15) is 0 Å². The van der Waals surface area contributed by atoms with Gasteiger partial charge in [0.15, 0.2) is 0 Å². The minimum Gasteiger partial charge on any atom is -0.349 e. The summed E-state index contributed by atoms with van der Waals surface area (Å²) in [5, 5.41) is -0.135. The predicted octanol–water partition coefficient (Wildman–Crippen LogP) is 2.25. The number of benzene rings is 1. The number of halogens is 4. The Kier molecular flexibility index (Phi) is 4.02. The van der Waals surface area contributed by atoms with Crippen molar-refractivity contribution in [1.29, 1.82) is 0 Å². The van der Waals surface area contributed by atoms with Crippen LogP contribution in [0.5, 0.6) is 0 Å². The molecule has 0 aromatic heterocycles. The van der Waals surface area contributed by atoms with E-state index in [-0.39, 0.29) is 15.8 Å². The van der Waals surface area contributed by atoms with Gasteiger partial charge in [-0.2, -0.15) is 13.2 Å². The predicted molar refractivity (Wildman–Crippen MR) is 55.7 cm³/mol. The molecular weight excluding hydrogens is 277 g/mol. The van der Waals surface area contributed by atoms with Gasteiger partial charge in [-0.3, -0.25) is 0 Å². The Labute approximate surface area is 104 Å². The van der Waals surface area contributed by atoms with Crippen LogP contribution in [-0.2, 0) is 9.63 Å². The van der Waals surface area contributed by atoms with Crippen LogP contribution in [0.2, 0.25) is 5.02 Å². The van der Waals surface area contributed by atoms with Crippen molar-refractivity contribution >= 4 is 29.3 Å². The maximum atomic E-state index is 12.0. The summed E-state index contributed by atoms with van der Waals surface area (Å²) in [6.07, 6.45) is -5.26. The maximum Gasteiger partial charge on any atom is 0.493 e. The fourth-order valence-corrected chi connectivity index (χ4v) is 1.18. The van der Waals surface area contributed by atoms with Crippen molar-refractivity contribution in [2.75, 3.05) is 5.06 Å². The molecule has 2 N–H and O–H groups in total. The van der Waals surface area contributed by atoms with Gasteiger partial charge in [0.05, 0.1) is 5.02 Å². The fraction of sp³-hybridized carbons (Fsp3) is 0.111. The molecule has 0 saturated heterocycles. The molecular formula is C9H6ClF3N2O3. The summed E-state index contributed by atoms with van der Waals surface area (Å²) in [4.78, 5) is 25.4. The van der Waals surface area contributed by atoms with Gasteiger partial charge in [0.1, 0.15) is 5.69 Å². The van der Waals surface area contributed by atoms with E-state index in [0.717, 1.165) is 6.07 Å². The monoisotopic (exact) mass is 282 g/mol. The third-order valence-electron chi connectivity index (χ3n) is 1.68. The highest BCUT2D eigenvalue weighted by atomic mass is 35.5. The highest BCUT2D eigenvalue weighted by Crippen LogP contribution is 2.27. The average Bonchev–Trinajstić information content (AvgIpc) is 2.25. The van der Waals surface area contributed by atoms with Crippen LogP contribution >= 0.6 is 11.6 Å². The lowest BCUT2D eigenvalue weighted by Crippen LogP contribution is -2.41. The summed E-state index contributed by atoms with van der Waals surface area (Å²) in [6.45, 7) is 0. The van der Waals surface area contributed by atoms with Crippen LogP contribution in [0.3, 0.4) is 0 Å². The number of urea groups is 1. The van der Waals surface area contributed by atoms with E-state index in [2.05, 4.69) is 4.84 Å². The summed E-state index contributed by atoms with van der Waals surface area (Å²) >= 11 is 5.64. The van der Waals surface area contributed by atoms with Gasteiger partial charge in [0.2, 0.25) is 0 Å². The zero-order valence-electron chi connectivity index (χ0n) is 8.57. The molecule has 2 amide bonds. The van der Waals surface area contributed by atoms with Crippen LogP contribution in [-0.4, -0.2) is 18.2 Å². The van der Waals surface area contributed by atoms with Crippen molar-refractivity contribution < 1.29 is 27.6 Å². The van der Waals surface area contributed by atoms with Crippen LogP contribution in [0.25, 0.3) is 0 Å². The second-order valence-corrected chi connectivity index (χ2v) is 3.37. The first-order chi connectivity index (χ1) is 8.23. The van der Waals surface area contributed by atoms with Gasteiger partial charge in [0.25, 0.3) is 0 Å². The molecule has 0 saturated carbocycles. The zero-order valence-corrected chi connectivity index (χ0v) is 9.33. The van der Waals surface area contributed by atoms with Crippen molar-refractivity contribution in [2.45, 2.75) is 6.18 Å². The minimum atomic E-state index is -5.26. The molecule has 1 aromatic carbocycles. The van der Waals surface area contributed by atoms with E-state index >= 15 is 0 Å². The molecule has 18 heavy (non-hydrogen) atoms. The number of carbonyl (C=O) groups excluding carboxylic acids is 2. The molecule has 0 fully saturated rings. The van der Waals surface area contributed by atoms with Gasteiger partial charge >= 0.3 is 18.2 Å². The van der Waals surface area contributed by atoms with Gasteiger partial charge in [-0.15, -0.1) is 5.06 Å².